The van der Waals surface area contributed by atoms with Crippen molar-refractivity contribution in [1.82, 2.24) is 5.43 Å². The van der Waals surface area contributed by atoms with Gasteiger partial charge in [0.2, 0.25) is 0 Å². The highest BCUT2D eigenvalue weighted by molar-refractivity contribution is 6.13. The minimum absolute atomic E-state index is 0.218. The monoisotopic (exact) mass is 366 g/mol. The summed E-state index contributed by atoms with van der Waals surface area (Å²) in [5, 5.41) is 4.38. The van der Waals surface area contributed by atoms with E-state index >= 15 is 0 Å². The van der Waals surface area contributed by atoms with Gasteiger partial charge in [0.05, 0.1) is 12.0 Å². The Balaban J connectivity index is 1.66. The van der Waals surface area contributed by atoms with E-state index in [0.29, 0.717) is 5.71 Å². The van der Waals surface area contributed by atoms with Crippen molar-refractivity contribution in [1.29, 1.82) is 0 Å². The van der Waals surface area contributed by atoms with Gasteiger partial charge in [0.15, 0.2) is 5.76 Å². The third-order valence-corrected chi connectivity index (χ3v) is 4.33. The first-order valence-corrected chi connectivity index (χ1v) is 8.94. The van der Waals surface area contributed by atoms with Crippen LogP contribution in [0.25, 0.3) is 11.1 Å². The molecular weight excluding hydrogens is 348 g/mol. The van der Waals surface area contributed by atoms with Crippen LogP contribution in [0.2, 0.25) is 0 Å². The molecular formula is C24H18N2O2. The van der Waals surface area contributed by atoms with Gasteiger partial charge in [0.1, 0.15) is 0 Å². The molecule has 0 spiro atoms. The summed E-state index contributed by atoms with van der Waals surface area (Å²) in [6, 6.07) is 31.3. The Morgan fingerprint density at radius 2 is 1.29 bits per heavy atom. The van der Waals surface area contributed by atoms with Gasteiger partial charge < -0.3 is 4.42 Å². The molecule has 0 aliphatic heterocycles. The van der Waals surface area contributed by atoms with E-state index in [2.05, 4.69) is 34.8 Å². The zero-order chi connectivity index (χ0) is 19.2. The first-order chi connectivity index (χ1) is 13.8. The van der Waals surface area contributed by atoms with Crippen molar-refractivity contribution in [3.8, 4) is 11.1 Å². The Morgan fingerprint density at radius 1 is 0.679 bits per heavy atom. The quantitative estimate of drug-likeness (QED) is 0.393. The van der Waals surface area contributed by atoms with Crippen molar-refractivity contribution in [2.45, 2.75) is 0 Å². The number of benzene rings is 3. The van der Waals surface area contributed by atoms with E-state index in [4.69, 9.17) is 4.42 Å². The summed E-state index contributed by atoms with van der Waals surface area (Å²) in [6.45, 7) is 0. The summed E-state index contributed by atoms with van der Waals surface area (Å²) in [4.78, 5) is 12.2. The van der Waals surface area contributed by atoms with Gasteiger partial charge in [0, 0.05) is 11.1 Å². The standard InChI is InChI=1S/C24H18N2O2/c27-24(22-12-7-17-28-22)26-25-23(20-10-5-2-6-11-20)21-15-13-19(14-16-21)18-8-3-1-4-9-18/h1-17H,(H,26,27). The Bertz CT molecular complexity index is 1070. The third-order valence-electron chi connectivity index (χ3n) is 4.33. The minimum atomic E-state index is -0.390. The van der Waals surface area contributed by atoms with Crippen molar-refractivity contribution in [2.75, 3.05) is 0 Å². The van der Waals surface area contributed by atoms with Gasteiger partial charge in [-0.3, -0.25) is 4.79 Å². The first-order valence-electron chi connectivity index (χ1n) is 8.94. The first kappa shape index (κ1) is 17.5. The van der Waals surface area contributed by atoms with E-state index in [-0.39, 0.29) is 11.7 Å². The van der Waals surface area contributed by atoms with E-state index in [1.165, 1.54) is 6.26 Å². The van der Waals surface area contributed by atoms with Crippen molar-refractivity contribution in [3.63, 3.8) is 0 Å². The predicted molar refractivity (Wildman–Crippen MR) is 110 cm³/mol. The molecule has 1 N–H and O–H groups in total. The lowest BCUT2D eigenvalue weighted by Crippen LogP contribution is -2.20. The van der Waals surface area contributed by atoms with E-state index in [0.717, 1.165) is 22.3 Å². The summed E-state index contributed by atoms with van der Waals surface area (Å²) in [7, 11) is 0. The van der Waals surface area contributed by atoms with Gasteiger partial charge in [-0.2, -0.15) is 5.10 Å². The summed E-state index contributed by atoms with van der Waals surface area (Å²) in [5.41, 5.74) is 7.36. The average molecular weight is 366 g/mol. The van der Waals surface area contributed by atoms with Crippen LogP contribution in [0.4, 0.5) is 0 Å². The normalized spacial score (nSPS) is 11.2. The molecule has 0 aliphatic rings. The number of furan rings is 1. The van der Waals surface area contributed by atoms with Crippen molar-refractivity contribution < 1.29 is 9.21 Å². The zero-order valence-electron chi connectivity index (χ0n) is 15.1. The smallest absolute Gasteiger partial charge is 0.307 e. The fraction of sp³-hybridized carbons (Fsp3) is 0. The number of hydrazone groups is 1. The second-order valence-corrected chi connectivity index (χ2v) is 6.19. The van der Waals surface area contributed by atoms with Crippen molar-refractivity contribution >= 4 is 11.6 Å². The van der Waals surface area contributed by atoms with Crippen molar-refractivity contribution in [3.05, 3.63) is 120 Å². The van der Waals surface area contributed by atoms with Crippen LogP contribution in [0.1, 0.15) is 21.7 Å². The number of nitrogens with zero attached hydrogens (tertiary/aromatic N) is 1. The molecule has 3 aromatic carbocycles. The number of rotatable bonds is 5. The SMILES string of the molecule is O=C(NN=C(c1ccccc1)c1ccc(-c2ccccc2)cc1)c1ccco1. The van der Waals surface area contributed by atoms with Crippen LogP contribution >= 0.6 is 0 Å². The topological polar surface area (TPSA) is 54.6 Å². The Morgan fingerprint density at radius 3 is 1.93 bits per heavy atom. The van der Waals surface area contributed by atoms with E-state index in [1.54, 1.807) is 12.1 Å². The molecule has 4 aromatic rings. The Hall–Kier alpha value is -3.92. The molecule has 0 aliphatic carbocycles. The maximum absolute atomic E-state index is 12.2. The van der Waals surface area contributed by atoms with E-state index in [9.17, 15) is 4.79 Å². The molecule has 0 radical (unpaired) electrons. The molecule has 4 rings (SSSR count). The van der Waals surface area contributed by atoms with Crippen LogP contribution in [0.15, 0.2) is 113 Å². The molecule has 1 heterocycles. The van der Waals surface area contributed by atoms with Crippen LogP contribution in [0.5, 0.6) is 0 Å². The fourth-order valence-electron chi connectivity index (χ4n) is 2.91. The molecule has 0 bridgehead atoms. The molecule has 4 heteroatoms. The number of hydrogen-bond acceptors (Lipinski definition) is 3. The lowest BCUT2D eigenvalue weighted by molar-refractivity contribution is 0.0927. The summed E-state index contributed by atoms with van der Waals surface area (Å²) in [5.74, 6) is -0.171. The van der Waals surface area contributed by atoms with Gasteiger partial charge in [-0.25, -0.2) is 5.43 Å². The summed E-state index contributed by atoms with van der Waals surface area (Å²) >= 11 is 0. The predicted octanol–water partition coefficient (Wildman–Crippen LogP) is 5.13. The van der Waals surface area contributed by atoms with Gasteiger partial charge >= 0.3 is 5.91 Å². The minimum Gasteiger partial charge on any atom is -0.459 e. The molecule has 28 heavy (non-hydrogen) atoms. The number of carbonyl (C=O) groups is 1. The van der Waals surface area contributed by atoms with Gasteiger partial charge in [-0.05, 0) is 23.3 Å². The molecule has 1 aromatic heterocycles. The van der Waals surface area contributed by atoms with Gasteiger partial charge in [0.25, 0.3) is 0 Å². The molecule has 0 atom stereocenters. The molecule has 4 nitrogen and oxygen atoms in total. The number of carbonyl (C=O) groups excluding carboxylic acids is 1. The summed E-state index contributed by atoms with van der Waals surface area (Å²) < 4.78 is 5.12. The van der Waals surface area contributed by atoms with Gasteiger partial charge in [-0.15, -0.1) is 0 Å². The maximum atomic E-state index is 12.2. The van der Waals surface area contributed by atoms with Crippen LogP contribution < -0.4 is 5.43 Å². The highest BCUT2D eigenvalue weighted by Gasteiger charge is 2.11. The Kier molecular flexibility index (Phi) is 5.11. The Labute approximate surface area is 163 Å². The maximum Gasteiger partial charge on any atom is 0.307 e. The van der Waals surface area contributed by atoms with Crippen LogP contribution in [0.3, 0.4) is 0 Å². The molecule has 0 unspecified atom stereocenters. The van der Waals surface area contributed by atoms with Gasteiger partial charge in [-0.1, -0.05) is 84.9 Å². The third kappa shape index (κ3) is 3.91. The zero-order valence-corrected chi connectivity index (χ0v) is 15.1. The molecule has 1 amide bonds. The lowest BCUT2D eigenvalue weighted by atomic mass is 9.99. The largest absolute Gasteiger partial charge is 0.459 e. The van der Waals surface area contributed by atoms with Crippen LogP contribution in [0, 0.1) is 0 Å². The average Bonchev–Trinajstić information content (AvgIpc) is 3.31. The lowest BCUT2D eigenvalue weighted by Gasteiger charge is -2.09. The summed E-state index contributed by atoms with van der Waals surface area (Å²) in [6.07, 6.45) is 1.46. The second-order valence-electron chi connectivity index (χ2n) is 6.19. The fourth-order valence-corrected chi connectivity index (χ4v) is 2.91. The second kappa shape index (κ2) is 8.18. The van der Waals surface area contributed by atoms with E-state index < -0.39 is 0 Å². The highest BCUT2D eigenvalue weighted by Crippen LogP contribution is 2.20. The molecule has 136 valence electrons. The molecule has 0 saturated carbocycles. The number of amides is 1. The van der Waals surface area contributed by atoms with Crippen molar-refractivity contribution in [2.24, 2.45) is 5.10 Å². The number of hydrogen-bond donors (Lipinski definition) is 1. The highest BCUT2D eigenvalue weighted by atomic mass is 16.3. The molecule has 0 fully saturated rings. The molecule has 0 saturated heterocycles. The van der Waals surface area contributed by atoms with E-state index in [1.807, 2.05) is 60.7 Å². The van der Waals surface area contributed by atoms with Crippen LogP contribution in [-0.2, 0) is 0 Å². The van der Waals surface area contributed by atoms with Crippen LogP contribution in [-0.4, -0.2) is 11.6 Å². The number of nitrogens with one attached hydrogen (secondary N) is 1.